The van der Waals surface area contributed by atoms with Gasteiger partial charge in [-0.25, -0.2) is 0 Å². The fourth-order valence-electron chi connectivity index (χ4n) is 2.16. The Balaban J connectivity index is 4.20. The molecule has 6 nitrogen and oxygen atoms in total. The second kappa shape index (κ2) is 12.8. The molecule has 1 unspecified atom stereocenters. The molecule has 0 radical (unpaired) electrons. The molecule has 0 aromatic carbocycles. The number of hydrogen-bond acceptors (Lipinski definition) is 4. The van der Waals surface area contributed by atoms with Gasteiger partial charge in [0.05, 0.1) is 6.61 Å². The summed E-state index contributed by atoms with van der Waals surface area (Å²) in [7, 11) is -6.69. The normalized spacial score (nSPS) is 15.7. The summed E-state index contributed by atoms with van der Waals surface area (Å²) >= 11 is 0. The minimum atomic E-state index is -4.40. The van der Waals surface area contributed by atoms with Gasteiger partial charge in [-0.15, -0.1) is 0 Å². The van der Waals surface area contributed by atoms with Crippen LogP contribution in [0.15, 0.2) is 34.9 Å². The predicted molar refractivity (Wildman–Crippen MR) is 108 cm³/mol. The Hall–Kier alpha value is -0.480. The molecule has 0 aliphatic heterocycles. The molecule has 8 heteroatoms. The average molecular weight is 408 g/mol. The number of rotatable bonds is 13. The Labute approximate surface area is 158 Å². The maximum atomic E-state index is 12.1. The predicted octanol–water partition coefficient (Wildman–Crippen LogP) is 5.44. The lowest BCUT2D eigenvalue weighted by Crippen LogP contribution is -2.03. The van der Waals surface area contributed by atoms with Crippen molar-refractivity contribution in [2.24, 2.45) is 0 Å². The Morgan fingerprint density at radius 1 is 0.923 bits per heavy atom. The lowest BCUT2D eigenvalue weighted by atomic mass is 10.1. The summed E-state index contributed by atoms with van der Waals surface area (Å²) in [6.07, 6.45) is 10.1. The zero-order valence-corrected chi connectivity index (χ0v) is 18.4. The molecule has 0 aromatic heterocycles. The Bertz CT molecular complexity index is 597. The molecule has 26 heavy (non-hydrogen) atoms. The molecule has 0 spiro atoms. The lowest BCUT2D eigenvalue weighted by Gasteiger charge is -2.16. The highest BCUT2D eigenvalue weighted by atomic mass is 31.2. The van der Waals surface area contributed by atoms with E-state index in [0.717, 1.165) is 31.3 Å². The summed E-state index contributed by atoms with van der Waals surface area (Å²) in [5.74, 6) is -0.796. The third-order valence-electron chi connectivity index (χ3n) is 3.69. The van der Waals surface area contributed by atoms with Crippen molar-refractivity contribution in [2.75, 3.05) is 26.0 Å². The number of hydrogen-bond donors (Lipinski definition) is 2. The van der Waals surface area contributed by atoms with E-state index in [9.17, 15) is 9.13 Å². The van der Waals surface area contributed by atoms with Crippen LogP contribution < -0.4 is 0 Å². The van der Waals surface area contributed by atoms with Gasteiger partial charge in [0.2, 0.25) is 7.37 Å². The molecule has 0 saturated heterocycles. The monoisotopic (exact) mass is 408 g/mol. The van der Waals surface area contributed by atoms with E-state index in [2.05, 4.69) is 32.9 Å². The van der Waals surface area contributed by atoms with Crippen molar-refractivity contribution in [1.29, 1.82) is 0 Å². The third-order valence-corrected chi connectivity index (χ3v) is 8.13. The molecule has 0 amide bonds. The van der Waals surface area contributed by atoms with E-state index in [-0.39, 0.29) is 13.0 Å². The van der Waals surface area contributed by atoms with Crippen LogP contribution in [-0.4, -0.2) is 35.8 Å². The second-order valence-electron chi connectivity index (χ2n) is 6.76. The Morgan fingerprint density at radius 3 is 1.96 bits per heavy atom. The van der Waals surface area contributed by atoms with E-state index in [4.69, 9.17) is 19.0 Å². The van der Waals surface area contributed by atoms with Crippen LogP contribution in [0, 0.1) is 0 Å². The van der Waals surface area contributed by atoms with Gasteiger partial charge in [0.1, 0.15) is 12.3 Å². The van der Waals surface area contributed by atoms with Gasteiger partial charge >= 0.3 is 7.60 Å². The van der Waals surface area contributed by atoms with Crippen LogP contribution in [0.25, 0.3) is 0 Å². The van der Waals surface area contributed by atoms with Crippen molar-refractivity contribution in [3.63, 3.8) is 0 Å². The smallest absolute Gasteiger partial charge is 0.335 e. The van der Waals surface area contributed by atoms with Gasteiger partial charge in [-0.2, -0.15) is 0 Å². The van der Waals surface area contributed by atoms with Gasteiger partial charge in [0, 0.05) is 7.11 Å². The van der Waals surface area contributed by atoms with Gasteiger partial charge < -0.3 is 19.0 Å². The molecule has 1 atom stereocenters. The Kier molecular flexibility index (Phi) is 12.6. The minimum absolute atomic E-state index is 0.240. The zero-order chi connectivity index (χ0) is 20.2. The molecule has 0 rings (SSSR count). The van der Waals surface area contributed by atoms with Gasteiger partial charge in [0.15, 0.2) is 0 Å². The van der Waals surface area contributed by atoms with Gasteiger partial charge in [0.25, 0.3) is 0 Å². The second-order valence-corrected chi connectivity index (χ2v) is 11.5. The molecule has 0 saturated carbocycles. The minimum Gasteiger partial charge on any atom is -0.367 e. The highest BCUT2D eigenvalue weighted by molar-refractivity contribution is 7.73. The summed E-state index contributed by atoms with van der Waals surface area (Å²) < 4.78 is 33.2. The van der Waals surface area contributed by atoms with E-state index >= 15 is 0 Å². The Morgan fingerprint density at radius 2 is 1.46 bits per heavy atom. The summed E-state index contributed by atoms with van der Waals surface area (Å²) in [5.41, 5.74) is 3.88. The van der Waals surface area contributed by atoms with Crippen LogP contribution in [0.1, 0.15) is 53.4 Å². The van der Waals surface area contributed by atoms with Crippen LogP contribution in [0.3, 0.4) is 0 Å². The summed E-state index contributed by atoms with van der Waals surface area (Å²) in [6, 6.07) is 0. The summed E-state index contributed by atoms with van der Waals surface area (Å²) in [4.78, 5) is 17.9. The molecule has 152 valence electrons. The molecule has 0 aliphatic rings. The first-order chi connectivity index (χ1) is 12.0. The third kappa shape index (κ3) is 14.7. The average Bonchev–Trinajstić information content (AvgIpc) is 2.49. The topological polar surface area (TPSA) is 93.1 Å². The van der Waals surface area contributed by atoms with Gasteiger partial charge in [-0.1, -0.05) is 34.9 Å². The standard InChI is InChI=1S/C18H34O6P2/c1-16(2)8-6-9-17(3)10-7-11-18(4)12-13-24-14-25(19,23-5)15-26(20,21)22/h8,10,12H,6-7,9,11,13-15H2,1-5H3,(H2,20,21,22). The van der Waals surface area contributed by atoms with Gasteiger partial charge in [-0.3, -0.25) is 9.13 Å². The molecule has 0 heterocycles. The maximum absolute atomic E-state index is 12.1. The highest BCUT2D eigenvalue weighted by Gasteiger charge is 2.31. The molecular weight excluding hydrogens is 374 g/mol. The molecule has 0 bridgehead atoms. The van der Waals surface area contributed by atoms with E-state index in [0.29, 0.717) is 0 Å². The first-order valence-electron chi connectivity index (χ1n) is 8.68. The quantitative estimate of drug-likeness (QED) is 0.239. The molecule has 0 aliphatic carbocycles. The van der Waals surface area contributed by atoms with Crippen LogP contribution in [0.4, 0.5) is 0 Å². The molecule has 0 aromatic rings. The fourth-order valence-corrected chi connectivity index (χ4v) is 5.69. The summed E-state index contributed by atoms with van der Waals surface area (Å²) in [5, 5.41) is 0. The van der Waals surface area contributed by atoms with Crippen molar-refractivity contribution in [1.82, 2.24) is 0 Å². The SMILES string of the molecule is COP(=O)(COCC=C(C)CCC=C(C)CCC=C(C)C)CP(=O)(O)O. The van der Waals surface area contributed by atoms with Crippen molar-refractivity contribution >= 4 is 15.0 Å². The van der Waals surface area contributed by atoms with E-state index in [1.165, 1.54) is 18.3 Å². The maximum Gasteiger partial charge on any atom is 0.335 e. The molecule has 0 fully saturated rings. The van der Waals surface area contributed by atoms with Crippen molar-refractivity contribution in [3.8, 4) is 0 Å². The van der Waals surface area contributed by atoms with Crippen LogP contribution >= 0.6 is 15.0 Å². The first kappa shape index (κ1) is 25.5. The van der Waals surface area contributed by atoms with Crippen molar-refractivity contribution in [3.05, 3.63) is 34.9 Å². The van der Waals surface area contributed by atoms with Crippen molar-refractivity contribution < 1.29 is 28.2 Å². The van der Waals surface area contributed by atoms with E-state index in [1.807, 2.05) is 13.0 Å². The van der Waals surface area contributed by atoms with E-state index in [1.54, 1.807) is 0 Å². The van der Waals surface area contributed by atoms with Crippen LogP contribution in [0.5, 0.6) is 0 Å². The molecular formula is C18H34O6P2. The van der Waals surface area contributed by atoms with Gasteiger partial charge in [-0.05, 0) is 53.4 Å². The first-order valence-corrected chi connectivity index (χ1v) is 12.5. The number of allylic oxidation sites excluding steroid dienone is 5. The van der Waals surface area contributed by atoms with Crippen LogP contribution in [0.2, 0.25) is 0 Å². The largest absolute Gasteiger partial charge is 0.367 e. The fraction of sp³-hybridized carbons (Fsp3) is 0.667. The van der Waals surface area contributed by atoms with E-state index < -0.39 is 20.9 Å². The van der Waals surface area contributed by atoms with Crippen molar-refractivity contribution in [2.45, 2.75) is 53.4 Å². The molecule has 2 N–H and O–H groups in total. The van der Waals surface area contributed by atoms with Crippen LogP contribution in [-0.2, 0) is 18.4 Å². The zero-order valence-electron chi connectivity index (χ0n) is 16.6. The lowest BCUT2D eigenvalue weighted by molar-refractivity contribution is 0.194. The number of ether oxygens (including phenoxy) is 1. The summed E-state index contributed by atoms with van der Waals surface area (Å²) in [6.45, 7) is 8.59. The highest BCUT2D eigenvalue weighted by Crippen LogP contribution is 2.57.